The summed E-state index contributed by atoms with van der Waals surface area (Å²) in [4.78, 5) is 34.1. The van der Waals surface area contributed by atoms with Crippen LogP contribution < -0.4 is 14.4 Å². The van der Waals surface area contributed by atoms with Gasteiger partial charge in [0.2, 0.25) is 15.9 Å². The lowest BCUT2D eigenvalue weighted by Crippen LogP contribution is -2.53. The van der Waals surface area contributed by atoms with Crippen LogP contribution in [0, 0.1) is 17.8 Å². The predicted molar refractivity (Wildman–Crippen MR) is 205 cm³/mol. The number of likely N-dealkylation sites (N-methyl/N-ethyl adjacent to an activating group) is 1. The lowest BCUT2D eigenvalue weighted by atomic mass is 9.63. The number of carbonyl (C=O) groups is 2. The number of ether oxygens (including phenoxy) is 2. The van der Waals surface area contributed by atoms with E-state index in [4.69, 9.17) is 21.1 Å². The van der Waals surface area contributed by atoms with E-state index in [0.29, 0.717) is 49.5 Å². The van der Waals surface area contributed by atoms with Crippen molar-refractivity contribution in [2.24, 2.45) is 17.8 Å². The van der Waals surface area contributed by atoms with E-state index >= 15 is 0 Å². The summed E-state index contributed by atoms with van der Waals surface area (Å²) in [7, 11) is 1.82. The number of amides is 2. The average Bonchev–Trinajstić information content (AvgIpc) is 3.60. The highest BCUT2D eigenvalue weighted by Gasteiger charge is 2.49. The molecule has 2 aromatic rings. The van der Waals surface area contributed by atoms with E-state index in [9.17, 15) is 18.0 Å². The summed E-state index contributed by atoms with van der Waals surface area (Å²) in [5, 5.41) is -0.147. The Morgan fingerprint density at radius 3 is 2.58 bits per heavy atom. The van der Waals surface area contributed by atoms with Gasteiger partial charge in [-0.1, -0.05) is 36.7 Å². The number of fused-ring (bicyclic) bond motifs is 3. The van der Waals surface area contributed by atoms with Crippen molar-refractivity contribution >= 4 is 39.1 Å². The number of rotatable bonds is 4. The summed E-state index contributed by atoms with van der Waals surface area (Å²) in [6.45, 7) is 6.65. The largest absolute Gasteiger partial charge is 0.487 e. The maximum Gasteiger partial charge on any atom is 0.264 e. The number of nitrogens with zero attached hydrogens (tertiary/aromatic N) is 3. The first-order chi connectivity index (χ1) is 24.8. The first-order valence-corrected chi connectivity index (χ1v) is 20.7. The molecule has 2 aromatic carbocycles. The van der Waals surface area contributed by atoms with Crippen LogP contribution in [0.3, 0.4) is 0 Å². The Morgan fingerprint density at radius 1 is 1.06 bits per heavy atom. The second kappa shape index (κ2) is 16.1. The quantitative estimate of drug-likeness (QED) is 0.375. The van der Waals surface area contributed by atoms with E-state index in [1.54, 1.807) is 32.2 Å². The second-order valence-corrected chi connectivity index (χ2v) is 18.1. The number of carbonyl (C=O) groups excluding carboxylic acids is 2. The number of benzene rings is 2. The maximum absolute atomic E-state index is 14.0. The first-order valence-electron chi connectivity index (χ1n) is 18.8. The van der Waals surface area contributed by atoms with Gasteiger partial charge in [-0.05, 0) is 125 Å². The Bertz CT molecular complexity index is 1770. The minimum absolute atomic E-state index is 0.0646. The van der Waals surface area contributed by atoms with Crippen LogP contribution in [0.4, 0.5) is 5.69 Å². The van der Waals surface area contributed by atoms with Crippen molar-refractivity contribution in [2.45, 2.75) is 88.7 Å². The molecule has 1 aliphatic carbocycles. The summed E-state index contributed by atoms with van der Waals surface area (Å²) in [5.74, 6) is 0.0250. The van der Waals surface area contributed by atoms with Crippen molar-refractivity contribution in [3.8, 4) is 5.75 Å². The molecule has 52 heavy (non-hydrogen) atoms. The summed E-state index contributed by atoms with van der Waals surface area (Å²) in [6, 6.07) is 11.4. The Kier molecular flexibility index (Phi) is 11.9. The molecule has 1 saturated heterocycles. The number of halogens is 1. The highest BCUT2D eigenvalue weighted by atomic mass is 35.5. The fraction of sp³-hybridized carbons (Fsp3) is 0.600. The molecular formula is C40H55ClN4O6S. The van der Waals surface area contributed by atoms with Crippen LogP contribution in [-0.4, -0.2) is 94.3 Å². The summed E-state index contributed by atoms with van der Waals surface area (Å²) in [5.41, 5.74) is 2.38. The van der Waals surface area contributed by atoms with Crippen LogP contribution in [0.25, 0.3) is 0 Å². The minimum atomic E-state index is -4.01. The molecule has 4 aliphatic rings. The maximum atomic E-state index is 14.0. The molecule has 0 radical (unpaired) electrons. The van der Waals surface area contributed by atoms with E-state index in [-0.39, 0.29) is 35.6 Å². The average molecular weight is 755 g/mol. The third kappa shape index (κ3) is 8.32. The van der Waals surface area contributed by atoms with Gasteiger partial charge < -0.3 is 24.2 Å². The molecule has 0 spiro atoms. The number of methoxy groups -OCH3 is 1. The normalized spacial score (nSPS) is 30.2. The fourth-order valence-electron chi connectivity index (χ4n) is 8.40. The third-order valence-corrected chi connectivity index (χ3v) is 14.4. The van der Waals surface area contributed by atoms with Gasteiger partial charge in [-0.3, -0.25) is 9.59 Å². The molecule has 2 fully saturated rings. The summed E-state index contributed by atoms with van der Waals surface area (Å²) in [6.07, 6.45) is 10.2. The van der Waals surface area contributed by atoms with Crippen molar-refractivity contribution in [3.05, 3.63) is 70.3 Å². The van der Waals surface area contributed by atoms with Crippen molar-refractivity contribution in [1.82, 2.24) is 14.5 Å². The first kappa shape index (κ1) is 38.6. The predicted octanol–water partition coefficient (Wildman–Crippen LogP) is 6.07. The number of likely N-dealkylation sites (tertiary alicyclic amines) is 1. The molecule has 3 aliphatic heterocycles. The van der Waals surface area contributed by atoms with E-state index in [2.05, 4.69) is 28.6 Å². The van der Waals surface area contributed by atoms with Crippen LogP contribution in [0.2, 0.25) is 5.02 Å². The van der Waals surface area contributed by atoms with Crippen molar-refractivity contribution in [1.29, 1.82) is 0 Å². The molecule has 284 valence electrons. The molecule has 1 saturated carbocycles. The number of sulfonamides is 1. The Morgan fingerprint density at radius 2 is 1.87 bits per heavy atom. The highest BCUT2D eigenvalue weighted by molar-refractivity contribution is 7.90. The van der Waals surface area contributed by atoms with Gasteiger partial charge in [0.25, 0.3) is 5.91 Å². The van der Waals surface area contributed by atoms with Gasteiger partial charge in [0.1, 0.15) is 12.4 Å². The SMILES string of the molecule is CO[C@@]1(CC(=O)N2CC[C@@H](N(C)C)C2)/C=C/C[C@H](C)[C@@H](C)S(=O)(=O)NC(=O)c2ccc3c(c2)N(CCCCc2cc(Cl)ccc2CO3)C[C@@H]2CC[C@H]21. The standard InChI is InChI=1S/C40H55ClN4O6S/c1-27-9-8-18-40(50-5,23-38(46)45-20-17-34(25-45)43(3)4)35-15-12-31(35)24-44-19-7-6-10-29-21-33(41)14-11-32(29)26-51-37-16-13-30(22-36(37)44)39(47)42-52(48,49)28(27)2/h8,11,13-14,16,18,21-22,27-28,31,34-35H,6-7,9-10,12,15,17,19-20,23-26H2,1-5H3,(H,42,47)/b18-8+/t27-,28+,31-,34+,35+,40+/m0/s1. The fourth-order valence-corrected chi connectivity index (χ4v) is 9.88. The van der Waals surface area contributed by atoms with Crippen LogP contribution in [0.15, 0.2) is 48.6 Å². The van der Waals surface area contributed by atoms with Crippen molar-refractivity contribution < 1.29 is 27.5 Å². The lowest BCUT2D eigenvalue weighted by molar-refractivity contribution is -0.142. The van der Waals surface area contributed by atoms with Gasteiger partial charge >= 0.3 is 0 Å². The van der Waals surface area contributed by atoms with Gasteiger partial charge in [-0.15, -0.1) is 0 Å². The van der Waals surface area contributed by atoms with E-state index in [1.165, 1.54) is 0 Å². The van der Waals surface area contributed by atoms with Crippen molar-refractivity contribution in [3.63, 3.8) is 0 Å². The Balaban J connectivity index is 1.38. The lowest BCUT2D eigenvalue weighted by Gasteiger charge is -2.50. The Hall–Kier alpha value is -3.12. The Labute approximate surface area is 314 Å². The molecule has 0 unspecified atom stereocenters. The van der Waals surface area contributed by atoms with Crippen LogP contribution in [0.5, 0.6) is 5.75 Å². The third-order valence-electron chi connectivity index (χ3n) is 12.2. The molecule has 3 heterocycles. The molecule has 0 aromatic heterocycles. The van der Waals surface area contributed by atoms with Crippen LogP contribution in [0.1, 0.15) is 80.3 Å². The zero-order chi connectivity index (χ0) is 37.2. The molecule has 1 N–H and O–H groups in total. The monoisotopic (exact) mass is 754 g/mol. The van der Waals surface area contributed by atoms with E-state index in [1.807, 2.05) is 42.2 Å². The number of anilines is 1. The smallest absolute Gasteiger partial charge is 0.264 e. The number of nitrogens with one attached hydrogen (secondary N) is 1. The molecule has 12 heteroatoms. The van der Waals surface area contributed by atoms with Gasteiger partial charge in [0.05, 0.1) is 23.0 Å². The number of allylic oxidation sites excluding steroid dienone is 1. The molecule has 10 nitrogen and oxygen atoms in total. The van der Waals surface area contributed by atoms with Crippen LogP contribution in [-0.2, 0) is 32.6 Å². The molecule has 2 bridgehead atoms. The van der Waals surface area contributed by atoms with Gasteiger partial charge in [-0.25, -0.2) is 13.1 Å². The summed E-state index contributed by atoms with van der Waals surface area (Å²) < 4.78 is 42.4. The van der Waals surface area contributed by atoms with Crippen molar-refractivity contribution in [2.75, 3.05) is 52.3 Å². The number of aryl methyl sites for hydroxylation is 1. The van der Waals surface area contributed by atoms with E-state index in [0.717, 1.165) is 61.9 Å². The molecular weight excluding hydrogens is 700 g/mol. The molecule has 6 rings (SSSR count). The molecule has 2 amide bonds. The number of hydrogen-bond donors (Lipinski definition) is 1. The van der Waals surface area contributed by atoms with Gasteiger partial charge in [0.15, 0.2) is 0 Å². The number of hydrogen-bond acceptors (Lipinski definition) is 8. The zero-order valence-electron chi connectivity index (χ0n) is 31.3. The topological polar surface area (TPSA) is 108 Å². The van der Waals surface area contributed by atoms with E-state index < -0.39 is 26.8 Å². The minimum Gasteiger partial charge on any atom is -0.487 e. The highest BCUT2D eigenvalue weighted by Crippen LogP contribution is 2.48. The summed E-state index contributed by atoms with van der Waals surface area (Å²) >= 11 is 6.39. The van der Waals surface area contributed by atoms with Gasteiger partial charge in [-0.2, -0.15) is 0 Å². The zero-order valence-corrected chi connectivity index (χ0v) is 32.8. The second-order valence-electron chi connectivity index (χ2n) is 15.6. The van der Waals surface area contributed by atoms with Crippen LogP contribution >= 0.6 is 11.6 Å². The van der Waals surface area contributed by atoms with Gasteiger partial charge in [0, 0.05) is 49.9 Å². The molecule has 6 atom stereocenters.